The number of anilines is 2. The Balaban J connectivity index is 1.72. The fraction of sp³-hybridized carbons (Fsp3) is 0.312. The fourth-order valence-corrected chi connectivity index (χ4v) is 4.69. The first-order valence-corrected chi connectivity index (χ1v) is 13.5. The molecule has 0 atom stereocenters. The Bertz CT molecular complexity index is 1290. The van der Waals surface area contributed by atoms with Crippen LogP contribution in [-0.2, 0) is 11.3 Å². The standard InChI is InChI=1S/C32H38N4O2/c1-5-8-20-35(4)32(38)25-16-19-28-27(21-25)29(31(37)34-28)30(24-12-10-9-11-13-24)33-26-17-14-23(15-18-26)22-36(6-2)7-3/h9-19,21,33H,5-8,20,22H2,1-4H3,(H,34,37)/b30-29-. The fourth-order valence-electron chi connectivity index (χ4n) is 4.69. The third-order valence-corrected chi connectivity index (χ3v) is 7.04. The van der Waals surface area contributed by atoms with E-state index in [1.54, 1.807) is 11.0 Å². The first-order valence-electron chi connectivity index (χ1n) is 13.5. The summed E-state index contributed by atoms with van der Waals surface area (Å²) in [5.74, 6) is -0.230. The van der Waals surface area contributed by atoms with Crippen LogP contribution in [0.15, 0.2) is 72.8 Å². The first-order chi connectivity index (χ1) is 18.4. The molecule has 3 aromatic rings. The lowest BCUT2D eigenvalue weighted by molar-refractivity contribution is -0.110. The molecule has 1 heterocycles. The van der Waals surface area contributed by atoms with E-state index in [-0.39, 0.29) is 11.8 Å². The Hall–Kier alpha value is -3.90. The Labute approximate surface area is 226 Å². The van der Waals surface area contributed by atoms with Crippen molar-refractivity contribution in [3.8, 4) is 0 Å². The number of rotatable bonds is 11. The molecule has 0 aromatic heterocycles. The van der Waals surface area contributed by atoms with Crippen molar-refractivity contribution in [2.75, 3.05) is 37.3 Å². The second-order valence-electron chi connectivity index (χ2n) is 9.69. The van der Waals surface area contributed by atoms with E-state index in [4.69, 9.17) is 0 Å². The van der Waals surface area contributed by atoms with Crippen LogP contribution in [0.2, 0.25) is 0 Å². The minimum atomic E-state index is -0.187. The molecule has 38 heavy (non-hydrogen) atoms. The molecule has 2 N–H and O–H groups in total. The summed E-state index contributed by atoms with van der Waals surface area (Å²) >= 11 is 0. The Morgan fingerprint density at radius 2 is 1.61 bits per heavy atom. The topological polar surface area (TPSA) is 64.7 Å². The van der Waals surface area contributed by atoms with Crippen molar-refractivity contribution in [1.29, 1.82) is 0 Å². The molecule has 6 nitrogen and oxygen atoms in total. The molecular weight excluding hydrogens is 472 g/mol. The van der Waals surface area contributed by atoms with Crippen LogP contribution in [0.25, 0.3) is 11.3 Å². The van der Waals surface area contributed by atoms with Crippen molar-refractivity contribution < 1.29 is 9.59 Å². The lowest BCUT2D eigenvalue weighted by atomic mass is 9.98. The highest BCUT2D eigenvalue weighted by Crippen LogP contribution is 2.38. The maximum Gasteiger partial charge on any atom is 0.258 e. The molecule has 0 spiro atoms. The molecule has 3 aromatic carbocycles. The monoisotopic (exact) mass is 510 g/mol. The number of amides is 2. The molecule has 4 rings (SSSR count). The SMILES string of the molecule is CCCCN(C)C(=O)c1ccc2c(c1)/C(=C(/Nc1ccc(CN(CC)CC)cc1)c1ccccc1)C(=O)N2. The van der Waals surface area contributed by atoms with E-state index >= 15 is 0 Å². The highest BCUT2D eigenvalue weighted by Gasteiger charge is 2.29. The van der Waals surface area contributed by atoms with Crippen molar-refractivity contribution in [1.82, 2.24) is 9.80 Å². The summed E-state index contributed by atoms with van der Waals surface area (Å²) in [6.07, 6.45) is 1.98. The zero-order valence-corrected chi connectivity index (χ0v) is 22.9. The molecule has 0 bridgehead atoms. The minimum Gasteiger partial charge on any atom is -0.354 e. The molecule has 0 saturated carbocycles. The van der Waals surface area contributed by atoms with Crippen LogP contribution >= 0.6 is 0 Å². The van der Waals surface area contributed by atoms with Gasteiger partial charge < -0.3 is 15.5 Å². The van der Waals surface area contributed by atoms with Gasteiger partial charge in [-0.25, -0.2) is 0 Å². The number of nitrogens with zero attached hydrogens (tertiary/aromatic N) is 2. The maximum atomic E-state index is 13.3. The normalized spacial score (nSPS) is 13.8. The van der Waals surface area contributed by atoms with E-state index in [1.165, 1.54) is 5.56 Å². The van der Waals surface area contributed by atoms with Gasteiger partial charge in [-0.1, -0.05) is 69.7 Å². The third kappa shape index (κ3) is 6.14. The van der Waals surface area contributed by atoms with Crippen molar-refractivity contribution in [2.24, 2.45) is 0 Å². The van der Waals surface area contributed by atoms with Crippen molar-refractivity contribution in [3.63, 3.8) is 0 Å². The van der Waals surface area contributed by atoms with E-state index in [2.05, 4.69) is 60.6 Å². The second kappa shape index (κ2) is 12.6. The molecule has 198 valence electrons. The molecule has 6 heteroatoms. The molecular formula is C32H38N4O2. The predicted molar refractivity (Wildman–Crippen MR) is 157 cm³/mol. The summed E-state index contributed by atoms with van der Waals surface area (Å²) < 4.78 is 0. The minimum absolute atomic E-state index is 0.0436. The van der Waals surface area contributed by atoms with Crippen molar-refractivity contribution in [2.45, 2.75) is 40.2 Å². The molecule has 0 saturated heterocycles. The van der Waals surface area contributed by atoms with Gasteiger partial charge in [0.2, 0.25) is 0 Å². The third-order valence-electron chi connectivity index (χ3n) is 7.04. The number of hydrogen-bond donors (Lipinski definition) is 2. The van der Waals surface area contributed by atoms with Crippen molar-refractivity contribution >= 4 is 34.5 Å². The van der Waals surface area contributed by atoms with Gasteiger partial charge in [0, 0.05) is 42.6 Å². The van der Waals surface area contributed by atoms with Gasteiger partial charge in [0.1, 0.15) is 0 Å². The smallest absolute Gasteiger partial charge is 0.258 e. The number of carbonyl (C=O) groups is 2. The summed E-state index contributed by atoms with van der Waals surface area (Å²) in [6.45, 7) is 10.1. The van der Waals surface area contributed by atoms with Gasteiger partial charge >= 0.3 is 0 Å². The number of carbonyl (C=O) groups excluding carboxylic acids is 2. The van der Waals surface area contributed by atoms with Crippen LogP contribution in [0.3, 0.4) is 0 Å². The highest BCUT2D eigenvalue weighted by molar-refractivity contribution is 6.37. The lowest BCUT2D eigenvalue weighted by Gasteiger charge is -2.19. The number of benzene rings is 3. The zero-order valence-electron chi connectivity index (χ0n) is 22.9. The van der Waals surface area contributed by atoms with Gasteiger partial charge in [-0.05, 0) is 61.0 Å². The average molecular weight is 511 g/mol. The Kier molecular flexibility index (Phi) is 8.98. The molecule has 1 aliphatic rings. The number of fused-ring (bicyclic) bond motifs is 1. The van der Waals surface area contributed by atoms with Gasteiger partial charge in [-0.15, -0.1) is 0 Å². The van der Waals surface area contributed by atoms with Crippen LogP contribution in [0, 0.1) is 0 Å². The van der Waals surface area contributed by atoms with Crippen LogP contribution in [0.4, 0.5) is 11.4 Å². The number of nitrogens with one attached hydrogen (secondary N) is 2. The summed E-state index contributed by atoms with van der Waals surface area (Å²) in [5, 5.41) is 6.52. The summed E-state index contributed by atoms with van der Waals surface area (Å²) in [6, 6.07) is 23.7. The first kappa shape index (κ1) is 27.1. The van der Waals surface area contributed by atoms with Crippen LogP contribution in [-0.4, -0.2) is 48.3 Å². The Morgan fingerprint density at radius 3 is 2.26 bits per heavy atom. The second-order valence-corrected chi connectivity index (χ2v) is 9.69. The molecule has 0 aliphatic carbocycles. The number of unbranched alkanes of at least 4 members (excludes halogenated alkanes) is 1. The van der Waals surface area contributed by atoms with E-state index < -0.39 is 0 Å². The lowest BCUT2D eigenvalue weighted by Crippen LogP contribution is -2.27. The zero-order chi connectivity index (χ0) is 27.1. The van der Waals surface area contributed by atoms with Gasteiger partial charge in [0.25, 0.3) is 11.8 Å². The van der Waals surface area contributed by atoms with Crippen LogP contribution < -0.4 is 10.6 Å². The van der Waals surface area contributed by atoms with Gasteiger partial charge in [-0.2, -0.15) is 0 Å². The maximum absolute atomic E-state index is 13.3. The molecule has 1 aliphatic heterocycles. The van der Waals surface area contributed by atoms with E-state index in [1.807, 2.05) is 49.5 Å². The molecule has 0 fully saturated rings. The molecule has 0 radical (unpaired) electrons. The van der Waals surface area contributed by atoms with Gasteiger partial charge in [0.15, 0.2) is 0 Å². The average Bonchev–Trinajstić information content (AvgIpc) is 3.28. The summed E-state index contributed by atoms with van der Waals surface area (Å²) in [5.41, 5.74) is 6.29. The number of hydrogen-bond acceptors (Lipinski definition) is 4. The summed E-state index contributed by atoms with van der Waals surface area (Å²) in [4.78, 5) is 30.5. The van der Waals surface area contributed by atoms with E-state index in [0.717, 1.165) is 49.3 Å². The van der Waals surface area contributed by atoms with Gasteiger partial charge in [-0.3, -0.25) is 14.5 Å². The van der Waals surface area contributed by atoms with Crippen molar-refractivity contribution in [3.05, 3.63) is 95.1 Å². The van der Waals surface area contributed by atoms with E-state index in [0.29, 0.717) is 29.1 Å². The van der Waals surface area contributed by atoms with Gasteiger partial charge in [0.05, 0.1) is 11.3 Å². The van der Waals surface area contributed by atoms with E-state index in [9.17, 15) is 9.59 Å². The molecule has 2 amide bonds. The molecule has 0 unspecified atom stereocenters. The Morgan fingerprint density at radius 1 is 0.895 bits per heavy atom. The largest absolute Gasteiger partial charge is 0.354 e. The van der Waals surface area contributed by atoms with Crippen LogP contribution in [0.5, 0.6) is 0 Å². The van der Waals surface area contributed by atoms with Crippen LogP contribution in [0.1, 0.15) is 60.7 Å². The summed E-state index contributed by atoms with van der Waals surface area (Å²) in [7, 11) is 1.83. The predicted octanol–water partition coefficient (Wildman–Crippen LogP) is 6.33. The highest BCUT2D eigenvalue weighted by atomic mass is 16.2. The quantitative estimate of drug-likeness (QED) is 0.296.